The Morgan fingerprint density at radius 3 is 2.75 bits per heavy atom. The number of nitrogens with one attached hydrogen (secondary N) is 1. The molecule has 0 aromatic carbocycles. The highest BCUT2D eigenvalue weighted by molar-refractivity contribution is 5.78. The zero-order valence-electron chi connectivity index (χ0n) is 6.77. The molecule has 0 aromatic heterocycles. The highest BCUT2D eigenvalue weighted by Gasteiger charge is 2.36. The first kappa shape index (κ1) is 8.98. The molecule has 0 saturated heterocycles. The van der Waals surface area contributed by atoms with E-state index in [4.69, 9.17) is 5.26 Å². The Morgan fingerprint density at radius 2 is 2.33 bits per heavy atom. The Balaban J connectivity index is 2.17. The van der Waals surface area contributed by atoms with Gasteiger partial charge in [-0.2, -0.15) is 5.26 Å². The number of carbonyl (C=O) groups is 1. The summed E-state index contributed by atoms with van der Waals surface area (Å²) >= 11 is 0. The van der Waals surface area contributed by atoms with Gasteiger partial charge in [0, 0.05) is 0 Å². The summed E-state index contributed by atoms with van der Waals surface area (Å²) in [6.45, 7) is 0.0630. The summed E-state index contributed by atoms with van der Waals surface area (Å²) in [7, 11) is 0. The minimum atomic E-state index is -1.19. The van der Waals surface area contributed by atoms with E-state index in [0.29, 0.717) is 12.8 Å². The zero-order valence-corrected chi connectivity index (χ0v) is 6.77. The monoisotopic (exact) mass is 170 g/mol. The maximum atomic E-state index is 13.2. The summed E-state index contributed by atoms with van der Waals surface area (Å²) < 4.78 is 13.2. The fraction of sp³-hybridized carbons (Fsp3) is 0.750. The molecule has 1 amide bonds. The Bertz CT molecular complexity index is 218. The lowest BCUT2D eigenvalue weighted by molar-refractivity contribution is -0.121. The molecule has 0 heterocycles. The van der Waals surface area contributed by atoms with Crippen molar-refractivity contribution in [2.75, 3.05) is 6.54 Å². The Morgan fingerprint density at radius 1 is 1.67 bits per heavy atom. The Hall–Kier alpha value is -1.11. The third-order valence-electron chi connectivity index (χ3n) is 2.09. The number of hydrogen-bond donors (Lipinski definition) is 1. The quantitative estimate of drug-likeness (QED) is 0.684. The summed E-state index contributed by atoms with van der Waals surface area (Å²) in [4.78, 5) is 10.7. The molecule has 0 unspecified atom stereocenters. The van der Waals surface area contributed by atoms with Crippen LogP contribution in [0.25, 0.3) is 0 Å². The molecule has 0 spiro atoms. The van der Waals surface area contributed by atoms with Crippen molar-refractivity contribution in [1.29, 1.82) is 5.26 Å². The molecule has 1 fully saturated rings. The highest BCUT2D eigenvalue weighted by Crippen LogP contribution is 2.34. The van der Waals surface area contributed by atoms with Crippen molar-refractivity contribution in [1.82, 2.24) is 5.32 Å². The lowest BCUT2D eigenvalue weighted by atomic mass is 9.82. The van der Waals surface area contributed by atoms with Gasteiger partial charge in [0.25, 0.3) is 0 Å². The van der Waals surface area contributed by atoms with E-state index in [1.807, 2.05) is 0 Å². The van der Waals surface area contributed by atoms with E-state index in [0.717, 1.165) is 6.42 Å². The average molecular weight is 170 g/mol. The van der Waals surface area contributed by atoms with Crippen LogP contribution < -0.4 is 5.32 Å². The van der Waals surface area contributed by atoms with Crippen LogP contribution in [0.1, 0.15) is 25.7 Å². The van der Waals surface area contributed by atoms with Gasteiger partial charge in [0.1, 0.15) is 12.1 Å². The van der Waals surface area contributed by atoms with Crippen LogP contribution in [0.15, 0.2) is 0 Å². The largest absolute Gasteiger partial charge is 0.352 e. The van der Waals surface area contributed by atoms with Crippen LogP contribution in [0.5, 0.6) is 0 Å². The van der Waals surface area contributed by atoms with Crippen molar-refractivity contribution in [3.8, 4) is 6.07 Å². The summed E-state index contributed by atoms with van der Waals surface area (Å²) in [6, 6.07) is 1.71. The number of nitrogens with zero attached hydrogens (tertiary/aromatic N) is 1. The van der Waals surface area contributed by atoms with Crippen molar-refractivity contribution >= 4 is 5.91 Å². The zero-order chi connectivity index (χ0) is 9.03. The van der Waals surface area contributed by atoms with Crippen molar-refractivity contribution in [3.05, 3.63) is 0 Å². The van der Waals surface area contributed by atoms with Gasteiger partial charge in [0.15, 0.2) is 0 Å². The van der Waals surface area contributed by atoms with E-state index in [-0.39, 0.29) is 18.9 Å². The summed E-state index contributed by atoms with van der Waals surface area (Å²) in [5.74, 6) is -0.388. The summed E-state index contributed by atoms with van der Waals surface area (Å²) in [6.07, 6.45) is 1.76. The van der Waals surface area contributed by atoms with Crippen LogP contribution in [0.2, 0.25) is 0 Å². The van der Waals surface area contributed by atoms with Crippen molar-refractivity contribution < 1.29 is 9.18 Å². The van der Waals surface area contributed by atoms with E-state index < -0.39 is 5.67 Å². The van der Waals surface area contributed by atoms with E-state index in [2.05, 4.69) is 5.32 Å². The van der Waals surface area contributed by atoms with Crippen molar-refractivity contribution in [2.45, 2.75) is 31.4 Å². The molecule has 1 rings (SSSR count). The molecule has 1 aliphatic rings. The number of alkyl halides is 1. The molecule has 0 aliphatic heterocycles. The van der Waals surface area contributed by atoms with Gasteiger partial charge in [0.05, 0.1) is 12.6 Å². The Kier molecular flexibility index (Phi) is 2.64. The van der Waals surface area contributed by atoms with Crippen molar-refractivity contribution in [2.24, 2.45) is 0 Å². The molecule has 0 atom stereocenters. The second-order valence-electron chi connectivity index (χ2n) is 3.12. The molecule has 66 valence electrons. The van der Waals surface area contributed by atoms with Gasteiger partial charge in [-0.25, -0.2) is 4.39 Å². The van der Waals surface area contributed by atoms with Crippen LogP contribution in [0.3, 0.4) is 0 Å². The molecule has 4 heteroatoms. The number of amides is 1. The van der Waals surface area contributed by atoms with E-state index in [9.17, 15) is 9.18 Å². The van der Waals surface area contributed by atoms with Crippen LogP contribution in [-0.2, 0) is 4.79 Å². The second kappa shape index (κ2) is 3.53. The first-order valence-corrected chi connectivity index (χ1v) is 3.99. The fourth-order valence-electron chi connectivity index (χ4n) is 1.13. The molecular formula is C8H11FN2O. The normalized spacial score (nSPS) is 19.0. The third-order valence-corrected chi connectivity index (χ3v) is 2.09. The topological polar surface area (TPSA) is 52.9 Å². The van der Waals surface area contributed by atoms with Gasteiger partial charge in [-0.3, -0.25) is 4.79 Å². The minimum Gasteiger partial charge on any atom is -0.352 e. The molecule has 0 aromatic rings. The molecule has 1 N–H and O–H groups in total. The third kappa shape index (κ3) is 2.19. The van der Waals surface area contributed by atoms with Crippen LogP contribution >= 0.6 is 0 Å². The molecule has 1 saturated carbocycles. The van der Waals surface area contributed by atoms with Gasteiger partial charge >= 0.3 is 0 Å². The van der Waals surface area contributed by atoms with Crippen LogP contribution in [-0.4, -0.2) is 18.1 Å². The predicted molar refractivity (Wildman–Crippen MR) is 40.9 cm³/mol. The van der Waals surface area contributed by atoms with E-state index in [1.165, 1.54) is 0 Å². The maximum absolute atomic E-state index is 13.2. The van der Waals surface area contributed by atoms with Gasteiger partial charge in [0.2, 0.25) is 5.91 Å². The van der Waals surface area contributed by atoms with Crippen molar-refractivity contribution in [3.63, 3.8) is 0 Å². The molecule has 12 heavy (non-hydrogen) atoms. The van der Waals surface area contributed by atoms with Gasteiger partial charge in [-0.05, 0) is 19.3 Å². The maximum Gasteiger partial charge on any atom is 0.234 e. The SMILES string of the molecule is N#CCC(=O)NCC1(F)CCC1. The highest BCUT2D eigenvalue weighted by atomic mass is 19.1. The minimum absolute atomic E-state index is 0.0630. The Labute approximate surface area is 70.6 Å². The number of halogens is 1. The van der Waals surface area contributed by atoms with E-state index in [1.54, 1.807) is 6.07 Å². The molecule has 3 nitrogen and oxygen atoms in total. The van der Waals surface area contributed by atoms with Gasteiger partial charge < -0.3 is 5.32 Å². The lowest BCUT2D eigenvalue weighted by Crippen LogP contribution is -2.44. The van der Waals surface area contributed by atoms with Gasteiger partial charge in [-0.1, -0.05) is 0 Å². The molecule has 1 aliphatic carbocycles. The van der Waals surface area contributed by atoms with Crippen LogP contribution in [0, 0.1) is 11.3 Å². The molecule has 0 radical (unpaired) electrons. The first-order valence-electron chi connectivity index (χ1n) is 3.99. The average Bonchev–Trinajstić information content (AvgIpc) is 1.98. The summed E-state index contributed by atoms with van der Waals surface area (Å²) in [5, 5.41) is 10.5. The predicted octanol–water partition coefficient (Wildman–Crippen LogP) is 0.908. The summed E-state index contributed by atoms with van der Waals surface area (Å²) in [5.41, 5.74) is -1.19. The second-order valence-corrected chi connectivity index (χ2v) is 3.12. The fourth-order valence-corrected chi connectivity index (χ4v) is 1.13. The van der Waals surface area contributed by atoms with Crippen LogP contribution in [0.4, 0.5) is 4.39 Å². The first-order chi connectivity index (χ1) is 5.66. The number of nitriles is 1. The molecular weight excluding hydrogens is 159 g/mol. The van der Waals surface area contributed by atoms with Gasteiger partial charge in [-0.15, -0.1) is 0 Å². The molecule has 0 bridgehead atoms. The van der Waals surface area contributed by atoms with E-state index >= 15 is 0 Å². The number of carbonyl (C=O) groups excluding carboxylic acids is 1. The lowest BCUT2D eigenvalue weighted by Gasteiger charge is -2.33. The standard InChI is InChI=1S/C8H11FN2O/c9-8(3-1-4-8)6-11-7(12)2-5-10/h1-4,6H2,(H,11,12). The smallest absolute Gasteiger partial charge is 0.234 e. The number of hydrogen-bond acceptors (Lipinski definition) is 2. The number of rotatable bonds is 3.